The van der Waals surface area contributed by atoms with E-state index in [2.05, 4.69) is 54.7 Å². The number of aryl methyl sites for hydroxylation is 2. The summed E-state index contributed by atoms with van der Waals surface area (Å²) in [6.07, 6.45) is 3.41. The number of hydrogen-bond acceptors (Lipinski definition) is 7. The number of aromatic nitrogens is 4. The van der Waals surface area contributed by atoms with Gasteiger partial charge in [0.05, 0.1) is 0 Å². The van der Waals surface area contributed by atoms with Gasteiger partial charge >= 0.3 is 0 Å². The van der Waals surface area contributed by atoms with Crippen LogP contribution < -0.4 is 15.2 Å². The van der Waals surface area contributed by atoms with Crippen molar-refractivity contribution in [2.75, 3.05) is 12.5 Å². The first-order chi connectivity index (χ1) is 14.7. The SMILES string of the molecule is Nc1ncnc2c1nc(Sc1cc3c(cc1Br)OCO3)n2CCCc1ccccc1. The van der Waals surface area contributed by atoms with E-state index in [9.17, 15) is 0 Å². The Labute approximate surface area is 185 Å². The number of nitrogens with two attached hydrogens (primary N) is 1. The van der Waals surface area contributed by atoms with Crippen LogP contribution >= 0.6 is 27.7 Å². The third-order valence-electron chi connectivity index (χ3n) is 4.84. The van der Waals surface area contributed by atoms with Gasteiger partial charge in [0.15, 0.2) is 33.6 Å². The number of ether oxygens (including phenoxy) is 2. The predicted molar refractivity (Wildman–Crippen MR) is 119 cm³/mol. The zero-order valence-electron chi connectivity index (χ0n) is 15.9. The van der Waals surface area contributed by atoms with E-state index < -0.39 is 0 Å². The van der Waals surface area contributed by atoms with Crippen molar-refractivity contribution in [2.24, 2.45) is 0 Å². The molecule has 1 aliphatic rings. The maximum absolute atomic E-state index is 6.07. The molecular formula is C21H18BrN5O2S. The summed E-state index contributed by atoms with van der Waals surface area (Å²) in [6, 6.07) is 14.3. The Kier molecular flexibility index (Phi) is 5.22. The molecule has 9 heteroatoms. The molecule has 4 aromatic rings. The van der Waals surface area contributed by atoms with E-state index in [1.54, 1.807) is 0 Å². The van der Waals surface area contributed by atoms with Gasteiger partial charge in [0, 0.05) is 15.9 Å². The van der Waals surface area contributed by atoms with Crippen molar-refractivity contribution in [3.05, 3.63) is 58.8 Å². The smallest absolute Gasteiger partial charge is 0.231 e. The van der Waals surface area contributed by atoms with Crippen LogP contribution in [0.3, 0.4) is 0 Å². The lowest BCUT2D eigenvalue weighted by Gasteiger charge is -2.10. The Bertz CT molecular complexity index is 1220. The summed E-state index contributed by atoms with van der Waals surface area (Å²) >= 11 is 5.16. The number of benzene rings is 2. The van der Waals surface area contributed by atoms with Crippen LogP contribution in [0.25, 0.3) is 11.2 Å². The second-order valence-corrected chi connectivity index (χ2v) is 8.67. The lowest BCUT2D eigenvalue weighted by molar-refractivity contribution is 0.174. The van der Waals surface area contributed by atoms with Crippen molar-refractivity contribution in [2.45, 2.75) is 29.4 Å². The highest BCUT2D eigenvalue weighted by molar-refractivity contribution is 9.10. The molecule has 0 bridgehead atoms. The highest BCUT2D eigenvalue weighted by atomic mass is 79.9. The van der Waals surface area contributed by atoms with Crippen LogP contribution in [-0.2, 0) is 13.0 Å². The number of hydrogen-bond donors (Lipinski definition) is 1. The summed E-state index contributed by atoms with van der Waals surface area (Å²) in [4.78, 5) is 14.3. The van der Waals surface area contributed by atoms with Crippen molar-refractivity contribution < 1.29 is 9.47 Å². The molecule has 0 radical (unpaired) electrons. The lowest BCUT2D eigenvalue weighted by Crippen LogP contribution is -2.03. The summed E-state index contributed by atoms with van der Waals surface area (Å²) in [6.45, 7) is 1.01. The standard InChI is InChI=1S/C21H18BrN5O2S/c22-14-9-15-16(29-12-28-15)10-17(14)30-21-26-18-19(23)24-11-25-20(18)27(21)8-4-7-13-5-2-1-3-6-13/h1-3,5-6,9-11H,4,7-8,12H2,(H2,23,24,25). The van der Waals surface area contributed by atoms with Crippen LogP contribution in [-0.4, -0.2) is 26.3 Å². The molecular weight excluding hydrogens is 466 g/mol. The number of nitrogen functional groups attached to an aromatic ring is 1. The number of nitrogens with zero attached hydrogens (tertiary/aromatic N) is 4. The fourth-order valence-electron chi connectivity index (χ4n) is 3.37. The van der Waals surface area contributed by atoms with Crippen LogP contribution in [0.4, 0.5) is 5.82 Å². The molecule has 0 unspecified atom stereocenters. The number of rotatable bonds is 6. The molecule has 0 saturated carbocycles. The molecule has 2 N–H and O–H groups in total. The minimum Gasteiger partial charge on any atom is -0.454 e. The van der Waals surface area contributed by atoms with Crippen LogP contribution in [0.2, 0.25) is 0 Å². The average Bonchev–Trinajstić information content (AvgIpc) is 3.34. The summed E-state index contributed by atoms with van der Waals surface area (Å²) < 4.78 is 14.0. The Hall–Kier alpha value is -2.78. The summed E-state index contributed by atoms with van der Waals surface area (Å²) in [5.41, 5.74) is 8.75. The summed E-state index contributed by atoms with van der Waals surface area (Å²) in [5, 5.41) is 0.810. The van der Waals surface area contributed by atoms with Gasteiger partial charge in [0.2, 0.25) is 6.79 Å². The molecule has 2 aromatic carbocycles. The molecule has 0 amide bonds. The normalized spacial score (nSPS) is 12.6. The first kappa shape index (κ1) is 19.2. The summed E-state index contributed by atoms with van der Waals surface area (Å²) in [5.74, 6) is 1.85. The minimum absolute atomic E-state index is 0.236. The highest BCUT2D eigenvalue weighted by Gasteiger charge is 2.20. The van der Waals surface area contributed by atoms with Gasteiger partial charge in [-0.05, 0) is 46.5 Å². The number of fused-ring (bicyclic) bond motifs is 2. The van der Waals surface area contributed by atoms with Crippen molar-refractivity contribution >= 4 is 44.7 Å². The minimum atomic E-state index is 0.236. The molecule has 30 heavy (non-hydrogen) atoms. The second-order valence-electron chi connectivity index (χ2n) is 6.80. The molecule has 0 fully saturated rings. The van der Waals surface area contributed by atoms with Gasteiger partial charge in [-0.1, -0.05) is 42.1 Å². The van der Waals surface area contributed by atoms with Crippen molar-refractivity contribution in [3.8, 4) is 11.5 Å². The molecule has 3 heterocycles. The first-order valence-electron chi connectivity index (χ1n) is 9.46. The van der Waals surface area contributed by atoms with Crippen LogP contribution in [0.1, 0.15) is 12.0 Å². The maximum Gasteiger partial charge on any atom is 0.231 e. The average molecular weight is 484 g/mol. The quantitative estimate of drug-likeness (QED) is 0.425. The third-order valence-corrected chi connectivity index (χ3v) is 6.81. The first-order valence-corrected chi connectivity index (χ1v) is 11.1. The zero-order valence-corrected chi connectivity index (χ0v) is 18.3. The van der Waals surface area contributed by atoms with Gasteiger partial charge in [-0.25, -0.2) is 15.0 Å². The highest BCUT2D eigenvalue weighted by Crippen LogP contribution is 2.43. The molecule has 5 rings (SSSR count). The van der Waals surface area contributed by atoms with E-state index in [1.807, 2.05) is 18.2 Å². The number of anilines is 1. The lowest BCUT2D eigenvalue weighted by atomic mass is 10.1. The fraction of sp³-hybridized carbons (Fsp3) is 0.190. The van der Waals surface area contributed by atoms with Crippen LogP contribution in [0, 0.1) is 0 Å². The van der Waals surface area contributed by atoms with E-state index in [0.29, 0.717) is 11.3 Å². The monoisotopic (exact) mass is 483 g/mol. The molecule has 2 aromatic heterocycles. The third kappa shape index (κ3) is 3.70. The molecule has 1 aliphatic heterocycles. The van der Waals surface area contributed by atoms with Gasteiger partial charge in [-0.3, -0.25) is 0 Å². The molecule has 0 spiro atoms. The van der Waals surface area contributed by atoms with Gasteiger partial charge in [0.1, 0.15) is 6.33 Å². The van der Waals surface area contributed by atoms with Gasteiger partial charge < -0.3 is 19.8 Å². The topological polar surface area (TPSA) is 88.1 Å². The Morgan fingerprint density at radius 3 is 2.73 bits per heavy atom. The summed E-state index contributed by atoms with van der Waals surface area (Å²) in [7, 11) is 0. The largest absolute Gasteiger partial charge is 0.454 e. The zero-order chi connectivity index (χ0) is 20.5. The van der Waals surface area contributed by atoms with Crippen LogP contribution in [0.15, 0.2) is 63.3 Å². The molecule has 0 saturated heterocycles. The molecule has 0 aliphatic carbocycles. The van der Waals surface area contributed by atoms with E-state index >= 15 is 0 Å². The van der Waals surface area contributed by atoms with Crippen molar-refractivity contribution in [1.82, 2.24) is 19.5 Å². The Morgan fingerprint density at radius 2 is 1.90 bits per heavy atom. The Balaban J connectivity index is 1.47. The second kappa shape index (κ2) is 8.16. The van der Waals surface area contributed by atoms with Crippen LogP contribution in [0.5, 0.6) is 11.5 Å². The van der Waals surface area contributed by atoms with Gasteiger partial charge in [-0.15, -0.1) is 0 Å². The number of halogens is 1. The van der Waals surface area contributed by atoms with E-state index in [1.165, 1.54) is 23.7 Å². The molecule has 0 atom stereocenters. The van der Waals surface area contributed by atoms with E-state index in [0.717, 1.165) is 51.1 Å². The van der Waals surface area contributed by atoms with Gasteiger partial charge in [0.25, 0.3) is 0 Å². The molecule has 152 valence electrons. The number of imidazole rings is 1. The van der Waals surface area contributed by atoms with Gasteiger partial charge in [-0.2, -0.15) is 0 Å². The van der Waals surface area contributed by atoms with E-state index in [4.69, 9.17) is 20.2 Å². The van der Waals surface area contributed by atoms with E-state index in [-0.39, 0.29) is 6.79 Å². The van der Waals surface area contributed by atoms with Crippen molar-refractivity contribution in [1.29, 1.82) is 0 Å². The predicted octanol–water partition coefficient (Wildman–Crippen LogP) is 4.68. The van der Waals surface area contributed by atoms with Crippen molar-refractivity contribution in [3.63, 3.8) is 0 Å². The fourth-order valence-corrected chi connectivity index (χ4v) is 4.88. The Morgan fingerprint density at radius 1 is 1.10 bits per heavy atom. The molecule has 7 nitrogen and oxygen atoms in total. The maximum atomic E-state index is 6.07.